The van der Waals surface area contributed by atoms with Crippen LogP contribution in [0.15, 0.2) is 103 Å². The Kier molecular flexibility index (Phi) is 6.56. The first-order valence-corrected chi connectivity index (χ1v) is 17.1. The van der Waals surface area contributed by atoms with Crippen LogP contribution in [0.3, 0.4) is 0 Å². The minimum atomic E-state index is -1.05. The van der Waals surface area contributed by atoms with Crippen molar-refractivity contribution in [1.29, 1.82) is 0 Å². The number of hydrogen-bond donors (Lipinski definition) is 2. The van der Waals surface area contributed by atoms with Crippen molar-refractivity contribution in [1.82, 2.24) is 9.88 Å². The van der Waals surface area contributed by atoms with Crippen LogP contribution in [0, 0.1) is 17.3 Å². The lowest BCUT2D eigenvalue weighted by Crippen LogP contribution is -2.78. The van der Waals surface area contributed by atoms with Gasteiger partial charge < -0.3 is 24.3 Å². The van der Waals surface area contributed by atoms with Crippen LogP contribution < -0.4 is 4.74 Å². The summed E-state index contributed by atoms with van der Waals surface area (Å²) in [6.45, 7) is 0.924. The summed E-state index contributed by atoms with van der Waals surface area (Å²) in [6.07, 6.45) is 9.29. The number of nitrogens with zero attached hydrogens (tertiary/aromatic N) is 1. The molecule has 6 aliphatic rings. The van der Waals surface area contributed by atoms with Crippen LogP contribution >= 0.6 is 12.4 Å². The first-order chi connectivity index (χ1) is 23.0. The summed E-state index contributed by atoms with van der Waals surface area (Å²) in [4.78, 5) is 18.7. The molecule has 4 fully saturated rings. The van der Waals surface area contributed by atoms with Gasteiger partial charge in [-0.3, -0.25) is 9.69 Å². The van der Waals surface area contributed by atoms with E-state index >= 15 is 0 Å². The Balaban J connectivity index is 0.00000314. The Morgan fingerprint density at radius 2 is 1.81 bits per heavy atom. The molecule has 3 heterocycles. The van der Waals surface area contributed by atoms with Gasteiger partial charge in [-0.05, 0) is 73.5 Å². The van der Waals surface area contributed by atoms with Gasteiger partial charge in [0, 0.05) is 40.9 Å². The normalized spacial score (nSPS) is 32.6. The predicted molar refractivity (Wildman–Crippen MR) is 184 cm³/mol. The van der Waals surface area contributed by atoms with Crippen LogP contribution in [0.5, 0.6) is 5.75 Å². The van der Waals surface area contributed by atoms with Crippen molar-refractivity contribution in [3.63, 3.8) is 0 Å². The van der Waals surface area contributed by atoms with Gasteiger partial charge in [0.25, 0.3) is 0 Å². The molecule has 1 aromatic heterocycles. The Labute approximate surface area is 286 Å². The van der Waals surface area contributed by atoms with Gasteiger partial charge in [-0.25, -0.2) is 0 Å². The molecule has 3 unspecified atom stereocenters. The molecular weight excluding hydrogens is 624 g/mol. The summed E-state index contributed by atoms with van der Waals surface area (Å²) < 4.78 is 19.3. The van der Waals surface area contributed by atoms with Gasteiger partial charge in [-0.2, -0.15) is 0 Å². The maximum atomic E-state index is 13.8. The van der Waals surface area contributed by atoms with Gasteiger partial charge in [0.05, 0.1) is 30.2 Å². The fourth-order valence-corrected chi connectivity index (χ4v) is 10.5. The summed E-state index contributed by atoms with van der Waals surface area (Å²) in [5.41, 5.74) is 2.35. The van der Waals surface area contributed by atoms with E-state index in [0.29, 0.717) is 18.2 Å². The molecular formula is C40H39ClN2O5. The zero-order valence-electron chi connectivity index (χ0n) is 26.9. The monoisotopic (exact) mass is 662 g/mol. The molecule has 0 amide bonds. The number of ether oxygens (including phenoxy) is 3. The molecule has 4 aliphatic carbocycles. The number of aliphatic hydroxyl groups is 1. The third kappa shape index (κ3) is 3.75. The van der Waals surface area contributed by atoms with Crippen molar-refractivity contribution in [3.8, 4) is 5.75 Å². The van der Waals surface area contributed by atoms with Crippen molar-refractivity contribution in [2.24, 2.45) is 17.3 Å². The molecule has 246 valence electrons. The number of H-pyrrole nitrogens is 1. The molecule has 2 aliphatic heterocycles. The van der Waals surface area contributed by atoms with Gasteiger partial charge in [-0.15, -0.1) is 12.4 Å². The van der Waals surface area contributed by atoms with Gasteiger partial charge in [0.2, 0.25) is 0 Å². The molecule has 2 N–H and O–H groups in total. The molecule has 2 saturated carbocycles. The number of para-hydroxylation sites is 2. The Morgan fingerprint density at radius 3 is 2.58 bits per heavy atom. The van der Waals surface area contributed by atoms with E-state index in [0.717, 1.165) is 64.2 Å². The van der Waals surface area contributed by atoms with Gasteiger partial charge in [0.1, 0.15) is 11.5 Å². The first-order valence-electron chi connectivity index (χ1n) is 17.1. The van der Waals surface area contributed by atoms with Crippen molar-refractivity contribution in [3.05, 3.63) is 125 Å². The highest BCUT2D eigenvalue weighted by Crippen LogP contribution is 2.77. The van der Waals surface area contributed by atoms with Crippen LogP contribution in [-0.4, -0.2) is 52.3 Å². The Bertz CT molecular complexity index is 2000. The number of benzene rings is 3. The quantitative estimate of drug-likeness (QED) is 0.227. The van der Waals surface area contributed by atoms with Crippen LogP contribution in [-0.2, 0) is 32.7 Å². The molecule has 2 bridgehead atoms. The average molecular weight is 663 g/mol. The molecule has 8 heteroatoms. The fourth-order valence-electron chi connectivity index (χ4n) is 10.5. The predicted octanol–water partition coefficient (Wildman–Crippen LogP) is 6.59. The Hall–Kier alpha value is -4.04. The number of carbonyl (C=O) groups excluding carboxylic acids is 1. The molecule has 1 spiro atoms. The second-order valence-electron chi connectivity index (χ2n) is 14.4. The number of fused-ring (bicyclic) bond motifs is 4. The van der Waals surface area contributed by atoms with E-state index in [1.807, 2.05) is 42.5 Å². The number of halogens is 1. The van der Waals surface area contributed by atoms with Gasteiger partial charge in [0.15, 0.2) is 11.4 Å². The summed E-state index contributed by atoms with van der Waals surface area (Å²) in [7, 11) is 1.42. The number of nitrogens with one attached hydrogen (secondary N) is 1. The van der Waals surface area contributed by atoms with Crippen molar-refractivity contribution >= 4 is 29.3 Å². The number of rotatable bonds is 6. The zero-order chi connectivity index (χ0) is 31.5. The summed E-state index contributed by atoms with van der Waals surface area (Å²) in [5, 5.41) is 14.9. The maximum absolute atomic E-state index is 13.8. The topological polar surface area (TPSA) is 84.0 Å². The standard InChI is InChI=1S/C40H38N2O5.ClH/c1-45-34(43)21-24-11-14-26(15-12-24)40-37-30(29-9-5-6-10-31(29)41-37)23-39(44)33-22-25-13-18-32(46-28-7-3-2-4-8-28)36(47-40)35(25)38(39,40)19-20-42(33)27-16-17-27;/h2-15,18,25,27,33,35,41,44H,16-17,19-23H2,1H3;1H/t25?,33?,35?,38-,39-,40+;/m1./s1. The maximum Gasteiger partial charge on any atom is 0.309 e. The highest BCUT2D eigenvalue weighted by molar-refractivity contribution is 5.86. The van der Waals surface area contributed by atoms with Crippen molar-refractivity contribution in [2.45, 2.75) is 61.8 Å². The van der Waals surface area contributed by atoms with Gasteiger partial charge in [-0.1, -0.05) is 66.7 Å². The molecule has 10 rings (SSSR count). The van der Waals surface area contributed by atoms with E-state index in [4.69, 9.17) is 14.2 Å². The number of hydrogen-bond acceptors (Lipinski definition) is 6. The number of methoxy groups -OCH3 is 1. The van der Waals surface area contributed by atoms with Crippen LogP contribution in [0.4, 0.5) is 0 Å². The molecule has 3 aromatic carbocycles. The summed E-state index contributed by atoms with van der Waals surface area (Å²) in [6, 6.07) is 27.2. The minimum absolute atomic E-state index is 0. The number of carbonyl (C=O) groups is 1. The molecule has 48 heavy (non-hydrogen) atoms. The second-order valence-corrected chi connectivity index (χ2v) is 14.4. The average Bonchev–Trinajstić information content (AvgIpc) is 3.79. The van der Waals surface area contributed by atoms with Crippen molar-refractivity contribution < 1.29 is 24.1 Å². The molecule has 7 nitrogen and oxygen atoms in total. The van der Waals surface area contributed by atoms with Crippen LogP contribution in [0.1, 0.15) is 48.1 Å². The highest BCUT2D eigenvalue weighted by Gasteiger charge is 2.83. The molecule has 4 aromatic rings. The number of allylic oxidation sites excluding steroid dienone is 3. The lowest BCUT2D eigenvalue weighted by molar-refractivity contribution is -0.261. The lowest BCUT2D eigenvalue weighted by atomic mass is 9.40. The number of esters is 1. The zero-order valence-corrected chi connectivity index (χ0v) is 27.7. The molecule has 0 radical (unpaired) electrons. The SMILES string of the molecule is COC(=O)Cc1ccc([C@@]23OC4=C(Oc5ccccc5)C=CC5CC6N(C7CC7)CC[C@@]2(C45)[C@@]6(O)Cc2c3[nH]c3ccccc23)cc1.Cl. The van der Waals surface area contributed by atoms with E-state index in [1.54, 1.807) is 0 Å². The molecule has 2 saturated heterocycles. The first kappa shape index (κ1) is 30.1. The summed E-state index contributed by atoms with van der Waals surface area (Å²) >= 11 is 0. The van der Waals surface area contributed by atoms with Crippen LogP contribution in [0.25, 0.3) is 10.9 Å². The number of aromatic nitrogens is 1. The van der Waals surface area contributed by atoms with E-state index in [-0.39, 0.29) is 42.7 Å². The largest absolute Gasteiger partial charge is 0.476 e. The fraction of sp³-hybridized carbons (Fsp3) is 0.375. The smallest absolute Gasteiger partial charge is 0.309 e. The van der Waals surface area contributed by atoms with E-state index in [2.05, 4.69) is 58.4 Å². The van der Waals surface area contributed by atoms with Gasteiger partial charge >= 0.3 is 5.97 Å². The Morgan fingerprint density at radius 1 is 1.04 bits per heavy atom. The number of piperidine rings is 1. The van der Waals surface area contributed by atoms with Crippen LogP contribution in [0.2, 0.25) is 0 Å². The molecule has 6 atom stereocenters. The highest BCUT2D eigenvalue weighted by atomic mass is 35.5. The van der Waals surface area contributed by atoms with E-state index in [9.17, 15) is 9.90 Å². The summed E-state index contributed by atoms with van der Waals surface area (Å²) in [5.74, 6) is 2.17. The van der Waals surface area contributed by atoms with E-state index in [1.165, 1.54) is 20.0 Å². The second kappa shape index (κ2) is 10.5. The van der Waals surface area contributed by atoms with Crippen molar-refractivity contribution in [2.75, 3.05) is 13.7 Å². The van der Waals surface area contributed by atoms with E-state index < -0.39 is 16.6 Å². The lowest BCUT2D eigenvalue weighted by Gasteiger charge is -2.68. The minimum Gasteiger partial charge on any atom is -0.476 e. The third-order valence-corrected chi connectivity index (χ3v) is 12.4. The number of likely N-dealkylation sites (tertiary alicyclic amines) is 1. The third-order valence-electron chi connectivity index (χ3n) is 12.4. The number of aromatic amines is 1.